The number of nitrogens with one attached hydrogen (secondary N) is 1. The zero-order valence-corrected chi connectivity index (χ0v) is 17.3. The van der Waals surface area contributed by atoms with Crippen LogP contribution in [-0.2, 0) is 19.6 Å². The number of hydrogen-bond acceptors (Lipinski definition) is 5. The number of carbonyl (C=O) groups excluding carboxylic acids is 2. The van der Waals surface area contributed by atoms with Crippen molar-refractivity contribution in [3.8, 4) is 0 Å². The molecule has 0 saturated heterocycles. The molecule has 0 heterocycles. The third-order valence-corrected chi connectivity index (χ3v) is 5.58. The second kappa shape index (κ2) is 8.43. The van der Waals surface area contributed by atoms with Crippen LogP contribution in [0.3, 0.4) is 0 Å². The van der Waals surface area contributed by atoms with Gasteiger partial charge in [0.2, 0.25) is 0 Å². The molecule has 1 N–H and O–H groups in total. The molecule has 150 valence electrons. The van der Waals surface area contributed by atoms with Crippen LogP contribution in [0.1, 0.15) is 28.4 Å². The fourth-order valence-electron chi connectivity index (χ4n) is 2.56. The van der Waals surface area contributed by atoms with Gasteiger partial charge in [0.25, 0.3) is 15.9 Å². The molecule has 0 unspecified atom stereocenters. The third kappa shape index (κ3) is 5.10. The van der Waals surface area contributed by atoms with E-state index in [1.165, 1.54) is 36.1 Å². The molecule has 0 aromatic heterocycles. The molecule has 0 fully saturated rings. The summed E-state index contributed by atoms with van der Waals surface area (Å²) >= 11 is 0. The smallest absolute Gasteiger partial charge is 0.338 e. The lowest BCUT2D eigenvalue weighted by Crippen LogP contribution is -2.34. The van der Waals surface area contributed by atoms with Gasteiger partial charge in [-0.2, -0.15) is 0 Å². The Labute approximate surface area is 165 Å². The SMILES string of the molecule is Cc1ccc(C)c(S(=O)(=O)Nc2cccc(C(=O)O[C@@H](C)C(=O)N(C)C)c2)c1. The third-order valence-electron chi connectivity index (χ3n) is 4.06. The number of benzene rings is 2. The molecule has 7 nitrogen and oxygen atoms in total. The van der Waals surface area contributed by atoms with Crippen molar-refractivity contribution in [1.82, 2.24) is 4.90 Å². The minimum absolute atomic E-state index is 0.138. The summed E-state index contributed by atoms with van der Waals surface area (Å²) in [5.74, 6) is -1.06. The minimum atomic E-state index is -3.82. The highest BCUT2D eigenvalue weighted by atomic mass is 32.2. The molecule has 2 rings (SSSR count). The molecule has 0 radical (unpaired) electrons. The first-order valence-electron chi connectivity index (χ1n) is 8.63. The molecule has 0 aliphatic carbocycles. The number of rotatable bonds is 6. The summed E-state index contributed by atoms with van der Waals surface area (Å²) in [5.41, 5.74) is 1.80. The van der Waals surface area contributed by atoms with Crippen molar-refractivity contribution in [3.05, 3.63) is 59.2 Å². The summed E-state index contributed by atoms with van der Waals surface area (Å²) in [7, 11) is -0.690. The van der Waals surface area contributed by atoms with Gasteiger partial charge in [-0.15, -0.1) is 0 Å². The fourth-order valence-corrected chi connectivity index (χ4v) is 3.94. The van der Waals surface area contributed by atoms with Crippen LogP contribution in [0.4, 0.5) is 5.69 Å². The van der Waals surface area contributed by atoms with E-state index in [4.69, 9.17) is 4.74 Å². The van der Waals surface area contributed by atoms with Crippen LogP contribution < -0.4 is 4.72 Å². The fraction of sp³-hybridized carbons (Fsp3) is 0.300. The number of anilines is 1. The van der Waals surface area contributed by atoms with E-state index in [9.17, 15) is 18.0 Å². The van der Waals surface area contributed by atoms with Gasteiger partial charge in [0, 0.05) is 19.8 Å². The summed E-state index contributed by atoms with van der Waals surface area (Å²) in [5, 5.41) is 0. The first-order chi connectivity index (χ1) is 13.0. The number of likely N-dealkylation sites (N-methyl/N-ethyl adjacent to an activating group) is 1. The van der Waals surface area contributed by atoms with Crippen LogP contribution >= 0.6 is 0 Å². The first-order valence-corrected chi connectivity index (χ1v) is 10.1. The molecule has 28 heavy (non-hydrogen) atoms. The normalized spacial score (nSPS) is 12.2. The molecular formula is C20H24N2O5S. The maximum atomic E-state index is 12.7. The van der Waals surface area contributed by atoms with Gasteiger partial charge in [-0.25, -0.2) is 13.2 Å². The molecule has 0 bridgehead atoms. The molecule has 2 aromatic carbocycles. The van der Waals surface area contributed by atoms with E-state index >= 15 is 0 Å². The molecule has 1 amide bonds. The van der Waals surface area contributed by atoms with Gasteiger partial charge in [-0.05, 0) is 56.2 Å². The van der Waals surface area contributed by atoms with Crippen LogP contribution in [0, 0.1) is 13.8 Å². The van der Waals surface area contributed by atoms with E-state index in [1.54, 1.807) is 33.2 Å². The van der Waals surface area contributed by atoms with Crippen LogP contribution in [0.5, 0.6) is 0 Å². The van der Waals surface area contributed by atoms with Crippen molar-refractivity contribution >= 4 is 27.6 Å². The summed E-state index contributed by atoms with van der Waals surface area (Å²) in [6.07, 6.45) is -0.946. The second-order valence-electron chi connectivity index (χ2n) is 6.74. The molecule has 2 aromatic rings. The Hall–Kier alpha value is -2.87. The van der Waals surface area contributed by atoms with Crippen LogP contribution in [-0.4, -0.2) is 45.4 Å². The maximum absolute atomic E-state index is 12.7. The van der Waals surface area contributed by atoms with E-state index in [0.717, 1.165) is 5.56 Å². The number of carbonyl (C=O) groups is 2. The summed E-state index contributed by atoms with van der Waals surface area (Å²) in [6, 6.07) is 11.1. The lowest BCUT2D eigenvalue weighted by molar-refractivity contribution is -0.137. The molecule has 0 saturated carbocycles. The van der Waals surface area contributed by atoms with E-state index in [-0.39, 0.29) is 22.1 Å². The number of sulfonamides is 1. The van der Waals surface area contributed by atoms with Gasteiger partial charge in [-0.1, -0.05) is 18.2 Å². The lowest BCUT2D eigenvalue weighted by Gasteiger charge is -2.17. The van der Waals surface area contributed by atoms with Crippen molar-refractivity contribution in [2.45, 2.75) is 31.8 Å². The Morgan fingerprint density at radius 1 is 1.07 bits per heavy atom. The quantitative estimate of drug-likeness (QED) is 0.748. The topological polar surface area (TPSA) is 92.8 Å². The van der Waals surface area contributed by atoms with Gasteiger partial charge in [0.05, 0.1) is 10.5 Å². The molecule has 0 aliphatic heterocycles. The summed E-state index contributed by atoms with van der Waals surface area (Å²) in [4.78, 5) is 25.6. The number of amides is 1. The molecule has 0 aliphatic rings. The van der Waals surface area contributed by atoms with E-state index in [0.29, 0.717) is 5.56 Å². The number of esters is 1. The second-order valence-corrected chi connectivity index (χ2v) is 8.39. The lowest BCUT2D eigenvalue weighted by atomic mass is 10.2. The summed E-state index contributed by atoms with van der Waals surface area (Å²) in [6.45, 7) is 5.00. The van der Waals surface area contributed by atoms with Crippen molar-refractivity contribution in [2.24, 2.45) is 0 Å². The summed E-state index contributed by atoms with van der Waals surface area (Å²) < 4.78 is 33.1. The molecular weight excluding hydrogens is 380 g/mol. The zero-order chi connectivity index (χ0) is 21.1. The van der Waals surface area contributed by atoms with Crippen molar-refractivity contribution in [2.75, 3.05) is 18.8 Å². The molecule has 0 spiro atoms. The first kappa shape index (κ1) is 21.4. The van der Waals surface area contributed by atoms with Gasteiger partial charge in [0.15, 0.2) is 6.10 Å². The Kier molecular flexibility index (Phi) is 6.45. The largest absolute Gasteiger partial charge is 0.449 e. The zero-order valence-electron chi connectivity index (χ0n) is 16.5. The highest BCUT2D eigenvalue weighted by Gasteiger charge is 2.21. The van der Waals surface area contributed by atoms with E-state index in [1.807, 2.05) is 13.0 Å². The number of aryl methyl sites for hydroxylation is 2. The van der Waals surface area contributed by atoms with Gasteiger partial charge in [-0.3, -0.25) is 9.52 Å². The predicted molar refractivity (Wildman–Crippen MR) is 107 cm³/mol. The van der Waals surface area contributed by atoms with Crippen LogP contribution in [0.15, 0.2) is 47.4 Å². The minimum Gasteiger partial charge on any atom is -0.449 e. The monoisotopic (exact) mass is 404 g/mol. The van der Waals surface area contributed by atoms with Gasteiger partial charge in [0.1, 0.15) is 0 Å². The highest BCUT2D eigenvalue weighted by molar-refractivity contribution is 7.92. The number of ether oxygens (including phenoxy) is 1. The maximum Gasteiger partial charge on any atom is 0.338 e. The Balaban J connectivity index is 2.22. The molecule has 1 atom stereocenters. The van der Waals surface area contributed by atoms with Gasteiger partial charge >= 0.3 is 5.97 Å². The van der Waals surface area contributed by atoms with Gasteiger partial charge < -0.3 is 9.64 Å². The Morgan fingerprint density at radius 3 is 2.39 bits per heavy atom. The van der Waals surface area contributed by atoms with Crippen molar-refractivity contribution in [3.63, 3.8) is 0 Å². The van der Waals surface area contributed by atoms with E-state index < -0.39 is 22.1 Å². The van der Waals surface area contributed by atoms with Crippen LogP contribution in [0.2, 0.25) is 0 Å². The standard InChI is InChI=1S/C20H24N2O5S/c1-13-9-10-14(2)18(11-13)28(25,26)21-17-8-6-7-16(12-17)20(24)27-15(3)19(23)22(4)5/h6-12,15,21H,1-5H3/t15-/m0/s1. The average Bonchev–Trinajstić information content (AvgIpc) is 2.62. The van der Waals surface area contributed by atoms with E-state index in [2.05, 4.69) is 4.72 Å². The number of hydrogen-bond donors (Lipinski definition) is 1. The Morgan fingerprint density at radius 2 is 1.75 bits per heavy atom. The average molecular weight is 404 g/mol. The molecule has 8 heteroatoms. The highest BCUT2D eigenvalue weighted by Crippen LogP contribution is 2.21. The van der Waals surface area contributed by atoms with Crippen LogP contribution in [0.25, 0.3) is 0 Å². The Bertz CT molecular complexity index is 999. The van der Waals surface area contributed by atoms with Crippen molar-refractivity contribution in [1.29, 1.82) is 0 Å². The van der Waals surface area contributed by atoms with Crippen molar-refractivity contribution < 1.29 is 22.7 Å². The number of nitrogens with zero attached hydrogens (tertiary/aromatic N) is 1. The predicted octanol–water partition coefficient (Wildman–Crippen LogP) is 2.74.